The van der Waals surface area contributed by atoms with E-state index in [-0.39, 0.29) is 35.7 Å². The Bertz CT molecular complexity index is 908. The third-order valence-electron chi connectivity index (χ3n) is 8.07. The van der Waals surface area contributed by atoms with Crippen LogP contribution in [0.1, 0.15) is 159 Å². The Morgan fingerprint density at radius 2 is 1.63 bits per heavy atom. The highest BCUT2D eigenvalue weighted by molar-refractivity contribution is 6.01. The van der Waals surface area contributed by atoms with Gasteiger partial charge in [0.25, 0.3) is 0 Å². The van der Waals surface area contributed by atoms with Crippen molar-refractivity contribution in [3.05, 3.63) is 33.9 Å². The number of Topliss-reactive ketones (excluding diaryl/α,β-unsaturated/α-hetero) is 3. The van der Waals surface area contributed by atoms with Gasteiger partial charge in [-0.3, -0.25) is 14.4 Å². The molecule has 1 aliphatic carbocycles. The molecule has 0 bridgehead atoms. The topological polar surface area (TPSA) is 51.2 Å². The molecule has 1 aromatic carbocycles. The molecular formula is C35H58O3. The van der Waals surface area contributed by atoms with E-state index < -0.39 is 0 Å². The van der Waals surface area contributed by atoms with Crippen molar-refractivity contribution < 1.29 is 14.4 Å². The Balaban J connectivity index is 0.00000229. The molecule has 3 heteroatoms. The van der Waals surface area contributed by atoms with Gasteiger partial charge in [0.05, 0.1) is 6.42 Å². The molecule has 0 spiro atoms. The van der Waals surface area contributed by atoms with E-state index in [1.807, 2.05) is 0 Å². The van der Waals surface area contributed by atoms with E-state index in [1.165, 1.54) is 42.0 Å². The first-order valence-corrected chi connectivity index (χ1v) is 15.6. The summed E-state index contributed by atoms with van der Waals surface area (Å²) < 4.78 is 0. The van der Waals surface area contributed by atoms with Crippen molar-refractivity contribution in [1.82, 2.24) is 0 Å². The second kappa shape index (κ2) is 17.0. The molecule has 3 nitrogen and oxygen atoms in total. The van der Waals surface area contributed by atoms with Crippen LogP contribution in [0.5, 0.6) is 0 Å². The predicted octanol–water partition coefficient (Wildman–Crippen LogP) is 9.64. The molecule has 0 N–H and O–H groups in total. The van der Waals surface area contributed by atoms with Crippen LogP contribution in [0, 0.1) is 30.6 Å². The minimum absolute atomic E-state index is 0.0431. The molecule has 1 aromatic rings. The Labute approximate surface area is 234 Å². The molecule has 0 aromatic heterocycles. The first-order chi connectivity index (χ1) is 17.9. The van der Waals surface area contributed by atoms with Crippen molar-refractivity contribution in [2.75, 3.05) is 0 Å². The molecule has 38 heavy (non-hydrogen) atoms. The number of hydrogen-bond donors (Lipinski definition) is 0. The highest BCUT2D eigenvalue weighted by Crippen LogP contribution is 2.40. The van der Waals surface area contributed by atoms with Crippen LogP contribution in [0.25, 0.3) is 0 Å². The maximum Gasteiger partial charge on any atom is 0.163 e. The first-order valence-electron chi connectivity index (χ1n) is 15.6. The zero-order valence-corrected chi connectivity index (χ0v) is 26.5. The summed E-state index contributed by atoms with van der Waals surface area (Å²) >= 11 is 0. The molecule has 3 unspecified atom stereocenters. The van der Waals surface area contributed by atoms with Crippen molar-refractivity contribution in [2.45, 2.75) is 146 Å². The number of hydrogen-bond acceptors (Lipinski definition) is 3. The van der Waals surface area contributed by atoms with Gasteiger partial charge in [-0.15, -0.1) is 0 Å². The average molecular weight is 527 g/mol. The van der Waals surface area contributed by atoms with E-state index >= 15 is 0 Å². The van der Waals surface area contributed by atoms with Gasteiger partial charge in [0, 0.05) is 17.9 Å². The Hall–Kier alpha value is -1.77. The number of benzene rings is 1. The number of fused-ring (bicyclic) bond motifs is 1. The number of carbonyl (C=O) groups excluding carboxylic acids is 3. The van der Waals surface area contributed by atoms with Gasteiger partial charge < -0.3 is 0 Å². The van der Waals surface area contributed by atoms with Crippen LogP contribution in [-0.4, -0.2) is 17.3 Å². The van der Waals surface area contributed by atoms with E-state index in [1.54, 1.807) is 0 Å². The fourth-order valence-electron chi connectivity index (χ4n) is 6.36. The lowest BCUT2D eigenvalue weighted by Crippen LogP contribution is -2.30. The smallest absolute Gasteiger partial charge is 0.163 e. The first kappa shape index (κ1) is 34.3. The van der Waals surface area contributed by atoms with Gasteiger partial charge in [-0.2, -0.15) is 0 Å². The lowest BCUT2D eigenvalue weighted by molar-refractivity contribution is -0.129. The molecule has 0 fully saturated rings. The molecular weight excluding hydrogens is 468 g/mol. The normalized spacial score (nSPS) is 16.6. The molecule has 1 aliphatic rings. The minimum Gasteiger partial charge on any atom is -0.300 e. The quantitative estimate of drug-likeness (QED) is 0.227. The predicted molar refractivity (Wildman–Crippen MR) is 162 cm³/mol. The highest BCUT2D eigenvalue weighted by Gasteiger charge is 2.34. The highest BCUT2D eigenvalue weighted by atomic mass is 16.1. The van der Waals surface area contributed by atoms with Crippen LogP contribution in [0.3, 0.4) is 0 Å². The maximum absolute atomic E-state index is 13.6. The summed E-state index contributed by atoms with van der Waals surface area (Å²) in [5.41, 5.74) is 6.16. The van der Waals surface area contributed by atoms with Crippen molar-refractivity contribution in [2.24, 2.45) is 23.7 Å². The number of carbonyl (C=O) groups is 3. The molecule has 0 amide bonds. The van der Waals surface area contributed by atoms with E-state index in [2.05, 4.69) is 68.4 Å². The molecule has 0 heterocycles. The van der Waals surface area contributed by atoms with Gasteiger partial charge in [0.2, 0.25) is 0 Å². The van der Waals surface area contributed by atoms with Crippen LogP contribution < -0.4 is 0 Å². The zero-order chi connectivity index (χ0) is 29.0. The summed E-state index contributed by atoms with van der Waals surface area (Å²) in [5, 5.41) is 0. The largest absolute Gasteiger partial charge is 0.300 e. The van der Waals surface area contributed by atoms with Gasteiger partial charge in [-0.1, -0.05) is 87.1 Å². The van der Waals surface area contributed by atoms with Gasteiger partial charge in [-0.05, 0) is 91.9 Å². The lowest BCUT2D eigenvalue weighted by atomic mass is 9.70. The van der Waals surface area contributed by atoms with Crippen LogP contribution in [0.2, 0.25) is 0 Å². The van der Waals surface area contributed by atoms with E-state index in [4.69, 9.17) is 0 Å². The van der Waals surface area contributed by atoms with Crippen molar-refractivity contribution >= 4 is 17.3 Å². The third kappa shape index (κ3) is 10.1. The summed E-state index contributed by atoms with van der Waals surface area (Å²) in [4.78, 5) is 38.1. The van der Waals surface area contributed by atoms with Crippen molar-refractivity contribution in [3.63, 3.8) is 0 Å². The molecule has 216 valence electrons. The molecule has 0 radical (unpaired) electrons. The Morgan fingerprint density at radius 3 is 2.13 bits per heavy atom. The standard InChI is InChI=1S/C32H50O3.C3H8/c1-9-12-26(27(10-2)30(34)15-22(7)33)16-24-17-29-28(21(5)6)19-25(14-11-13-20(3)4)23(8)32(29)31(35)18-24;1-3-2/h19-21,24,26-27H,9-18H2,1-8H3;3H2,1-2H3. The minimum atomic E-state index is -0.0787. The molecule has 0 saturated carbocycles. The fourth-order valence-corrected chi connectivity index (χ4v) is 6.36. The van der Waals surface area contributed by atoms with Crippen molar-refractivity contribution in [1.29, 1.82) is 0 Å². The van der Waals surface area contributed by atoms with E-state index in [0.29, 0.717) is 24.0 Å². The van der Waals surface area contributed by atoms with Crippen LogP contribution in [0.4, 0.5) is 0 Å². The number of aryl methyl sites for hydroxylation is 1. The van der Waals surface area contributed by atoms with Gasteiger partial charge in [0.1, 0.15) is 11.6 Å². The van der Waals surface area contributed by atoms with Gasteiger partial charge in [0.15, 0.2) is 5.78 Å². The summed E-state index contributed by atoms with van der Waals surface area (Å²) in [5.74, 6) is 1.85. The molecule has 0 saturated heterocycles. The summed E-state index contributed by atoms with van der Waals surface area (Å²) in [6, 6.07) is 2.39. The third-order valence-corrected chi connectivity index (χ3v) is 8.07. The van der Waals surface area contributed by atoms with Crippen LogP contribution >= 0.6 is 0 Å². The molecule has 0 aliphatic heterocycles. The summed E-state index contributed by atoms with van der Waals surface area (Å²) in [7, 11) is 0. The monoisotopic (exact) mass is 526 g/mol. The van der Waals surface area contributed by atoms with Crippen LogP contribution in [0.15, 0.2) is 6.07 Å². The molecule has 2 rings (SSSR count). The second-order valence-corrected chi connectivity index (χ2v) is 12.6. The maximum atomic E-state index is 13.6. The van der Waals surface area contributed by atoms with E-state index in [0.717, 1.165) is 50.5 Å². The number of ketones is 3. The van der Waals surface area contributed by atoms with Gasteiger partial charge >= 0.3 is 0 Å². The zero-order valence-electron chi connectivity index (χ0n) is 26.5. The lowest BCUT2D eigenvalue weighted by Gasteiger charge is -2.33. The van der Waals surface area contributed by atoms with Gasteiger partial charge in [-0.25, -0.2) is 0 Å². The van der Waals surface area contributed by atoms with Crippen molar-refractivity contribution in [3.8, 4) is 0 Å². The average Bonchev–Trinajstić information content (AvgIpc) is 2.80. The summed E-state index contributed by atoms with van der Waals surface area (Å²) in [6.07, 6.45) is 9.88. The SMILES string of the molecule is CCC.CCCC(CC1CC(=O)c2c(C)c(CCCC(C)C)cc(C(C)C)c2C1)C(CC)C(=O)CC(C)=O. The number of rotatable bonds is 14. The molecule has 3 atom stereocenters. The Morgan fingerprint density at radius 1 is 1.00 bits per heavy atom. The van der Waals surface area contributed by atoms with E-state index in [9.17, 15) is 14.4 Å². The van der Waals surface area contributed by atoms with Crippen LogP contribution in [-0.2, 0) is 22.4 Å². The Kier molecular flexibility index (Phi) is 15.4. The fraction of sp³-hybridized carbons (Fsp3) is 0.743. The second-order valence-electron chi connectivity index (χ2n) is 12.6. The summed E-state index contributed by atoms with van der Waals surface area (Å²) in [6.45, 7) is 21.2.